The number of aryl methyl sites for hydroxylation is 1. The highest BCUT2D eigenvalue weighted by Crippen LogP contribution is 2.13. The zero-order valence-electron chi connectivity index (χ0n) is 10.7. The molecular weight excluding hydrogens is 240 g/mol. The predicted octanol–water partition coefficient (Wildman–Crippen LogP) is 1.61. The highest BCUT2D eigenvalue weighted by molar-refractivity contribution is 5.99. The number of amides is 1. The first-order valence-electron chi connectivity index (χ1n) is 5.96. The minimum absolute atomic E-state index is 0.182. The van der Waals surface area contributed by atoms with Gasteiger partial charge in [0.05, 0.1) is 23.5 Å². The molecule has 19 heavy (non-hydrogen) atoms. The largest absolute Gasteiger partial charge is 0.346 e. The quantitative estimate of drug-likeness (QED) is 0.573. The van der Waals surface area contributed by atoms with Crippen LogP contribution < -0.4 is 16.6 Å². The first-order valence-corrected chi connectivity index (χ1v) is 5.96. The molecule has 0 unspecified atom stereocenters. The summed E-state index contributed by atoms with van der Waals surface area (Å²) in [5.41, 5.74) is 5.52. The van der Waals surface area contributed by atoms with Crippen molar-refractivity contribution in [2.24, 2.45) is 5.84 Å². The summed E-state index contributed by atoms with van der Waals surface area (Å²) < 4.78 is 0. The molecule has 2 aromatic rings. The van der Waals surface area contributed by atoms with Crippen LogP contribution in [0, 0.1) is 6.92 Å². The van der Waals surface area contributed by atoms with E-state index in [0.29, 0.717) is 17.8 Å². The smallest absolute Gasteiger partial charge is 0.253 e. The van der Waals surface area contributed by atoms with E-state index in [1.807, 2.05) is 25.1 Å². The standard InChI is InChI=1S/C14H16N4O/c1-10-5-4-8-16-13(10)9-17-14(19)11-6-2-3-7-12(11)18-15/h2-8,18H,9,15H2,1H3,(H,17,19). The van der Waals surface area contributed by atoms with Crippen LogP contribution in [-0.2, 0) is 6.54 Å². The number of rotatable bonds is 4. The predicted molar refractivity (Wildman–Crippen MR) is 74.4 cm³/mol. The normalized spacial score (nSPS) is 10.0. The second-order valence-corrected chi connectivity index (χ2v) is 4.14. The summed E-state index contributed by atoms with van der Waals surface area (Å²) >= 11 is 0. The number of carbonyl (C=O) groups is 1. The molecule has 1 amide bonds. The number of nitrogens with zero attached hydrogens (tertiary/aromatic N) is 1. The SMILES string of the molecule is Cc1cccnc1CNC(=O)c1ccccc1NN. The zero-order valence-corrected chi connectivity index (χ0v) is 10.7. The molecule has 0 spiro atoms. The molecule has 5 heteroatoms. The number of hydrogen-bond acceptors (Lipinski definition) is 4. The van der Waals surface area contributed by atoms with Crippen molar-refractivity contribution < 1.29 is 4.79 Å². The number of para-hydroxylation sites is 1. The Morgan fingerprint density at radius 3 is 2.79 bits per heavy atom. The van der Waals surface area contributed by atoms with Crippen molar-refractivity contribution in [3.63, 3.8) is 0 Å². The lowest BCUT2D eigenvalue weighted by molar-refractivity contribution is 0.0951. The number of nitrogens with two attached hydrogens (primary N) is 1. The van der Waals surface area contributed by atoms with Crippen LogP contribution in [0.4, 0.5) is 5.69 Å². The molecular formula is C14H16N4O. The van der Waals surface area contributed by atoms with Gasteiger partial charge in [0.2, 0.25) is 0 Å². The molecule has 0 saturated heterocycles. The van der Waals surface area contributed by atoms with Gasteiger partial charge in [-0.2, -0.15) is 0 Å². The number of benzene rings is 1. The van der Waals surface area contributed by atoms with E-state index in [9.17, 15) is 4.79 Å². The number of hydrazine groups is 1. The van der Waals surface area contributed by atoms with Gasteiger partial charge in [-0.3, -0.25) is 15.6 Å². The van der Waals surface area contributed by atoms with Crippen LogP contribution in [0.2, 0.25) is 0 Å². The third-order valence-electron chi connectivity index (χ3n) is 2.86. The summed E-state index contributed by atoms with van der Waals surface area (Å²) in [6.45, 7) is 2.36. The maximum absolute atomic E-state index is 12.1. The fourth-order valence-electron chi connectivity index (χ4n) is 1.77. The summed E-state index contributed by atoms with van der Waals surface area (Å²) in [5, 5.41) is 2.83. The number of carbonyl (C=O) groups excluding carboxylic acids is 1. The van der Waals surface area contributed by atoms with Crippen molar-refractivity contribution in [1.29, 1.82) is 0 Å². The van der Waals surface area contributed by atoms with Gasteiger partial charge in [0.1, 0.15) is 0 Å². The van der Waals surface area contributed by atoms with E-state index >= 15 is 0 Å². The highest BCUT2D eigenvalue weighted by Gasteiger charge is 2.10. The number of nitrogens with one attached hydrogen (secondary N) is 2. The molecule has 0 radical (unpaired) electrons. The Balaban J connectivity index is 2.08. The molecule has 2 rings (SSSR count). The van der Waals surface area contributed by atoms with Crippen LogP contribution in [0.15, 0.2) is 42.6 Å². The lowest BCUT2D eigenvalue weighted by Gasteiger charge is -2.10. The van der Waals surface area contributed by atoms with Gasteiger partial charge in [0, 0.05) is 6.20 Å². The van der Waals surface area contributed by atoms with Gasteiger partial charge in [-0.15, -0.1) is 0 Å². The summed E-state index contributed by atoms with van der Waals surface area (Å²) in [6.07, 6.45) is 1.71. The lowest BCUT2D eigenvalue weighted by Crippen LogP contribution is -2.25. The van der Waals surface area contributed by atoms with Gasteiger partial charge in [-0.25, -0.2) is 0 Å². The van der Waals surface area contributed by atoms with Gasteiger partial charge in [-0.1, -0.05) is 18.2 Å². The fraction of sp³-hybridized carbons (Fsp3) is 0.143. The van der Waals surface area contributed by atoms with Crippen molar-refractivity contribution in [3.05, 3.63) is 59.4 Å². The first kappa shape index (κ1) is 13.0. The number of hydrogen-bond donors (Lipinski definition) is 3. The molecule has 98 valence electrons. The maximum Gasteiger partial charge on any atom is 0.253 e. The molecule has 0 bridgehead atoms. The number of pyridine rings is 1. The molecule has 1 aromatic heterocycles. The van der Waals surface area contributed by atoms with E-state index in [0.717, 1.165) is 11.3 Å². The van der Waals surface area contributed by atoms with Crippen LogP contribution >= 0.6 is 0 Å². The van der Waals surface area contributed by atoms with Crippen molar-refractivity contribution in [3.8, 4) is 0 Å². The molecule has 1 aromatic carbocycles. The summed E-state index contributed by atoms with van der Waals surface area (Å²) in [7, 11) is 0. The fourth-order valence-corrected chi connectivity index (χ4v) is 1.77. The molecule has 0 aliphatic heterocycles. The number of nitrogen functional groups attached to an aromatic ring is 1. The molecule has 0 aliphatic carbocycles. The maximum atomic E-state index is 12.1. The number of anilines is 1. The van der Waals surface area contributed by atoms with Gasteiger partial charge < -0.3 is 10.7 Å². The summed E-state index contributed by atoms with van der Waals surface area (Å²) in [5.74, 6) is 5.20. The van der Waals surface area contributed by atoms with Crippen LogP contribution in [0.3, 0.4) is 0 Å². The van der Waals surface area contributed by atoms with Crippen molar-refractivity contribution in [2.45, 2.75) is 13.5 Å². The van der Waals surface area contributed by atoms with E-state index in [-0.39, 0.29) is 5.91 Å². The lowest BCUT2D eigenvalue weighted by atomic mass is 10.1. The van der Waals surface area contributed by atoms with Crippen LogP contribution in [0.5, 0.6) is 0 Å². The average Bonchev–Trinajstić information content (AvgIpc) is 2.46. The minimum atomic E-state index is -0.182. The molecule has 4 N–H and O–H groups in total. The summed E-state index contributed by atoms with van der Waals surface area (Å²) in [6, 6.07) is 10.9. The van der Waals surface area contributed by atoms with E-state index in [1.54, 1.807) is 24.4 Å². The second-order valence-electron chi connectivity index (χ2n) is 4.14. The second kappa shape index (κ2) is 5.97. The zero-order chi connectivity index (χ0) is 13.7. The molecule has 5 nitrogen and oxygen atoms in total. The van der Waals surface area contributed by atoms with E-state index in [4.69, 9.17) is 5.84 Å². The Labute approximate surface area is 111 Å². The first-order chi connectivity index (χ1) is 9.22. The van der Waals surface area contributed by atoms with Crippen molar-refractivity contribution in [1.82, 2.24) is 10.3 Å². The Morgan fingerprint density at radius 2 is 2.05 bits per heavy atom. The Morgan fingerprint density at radius 1 is 1.26 bits per heavy atom. The van der Waals surface area contributed by atoms with Gasteiger partial charge in [-0.05, 0) is 30.7 Å². The van der Waals surface area contributed by atoms with Crippen LogP contribution in [-0.4, -0.2) is 10.9 Å². The average molecular weight is 256 g/mol. The topological polar surface area (TPSA) is 80.0 Å². The van der Waals surface area contributed by atoms with Crippen LogP contribution in [0.1, 0.15) is 21.6 Å². The molecule has 0 atom stereocenters. The van der Waals surface area contributed by atoms with E-state index in [2.05, 4.69) is 15.7 Å². The van der Waals surface area contributed by atoms with Gasteiger partial charge in [0.25, 0.3) is 5.91 Å². The Bertz CT molecular complexity index is 583. The minimum Gasteiger partial charge on any atom is -0.346 e. The Hall–Kier alpha value is -2.40. The number of aromatic nitrogens is 1. The highest BCUT2D eigenvalue weighted by atomic mass is 16.1. The monoisotopic (exact) mass is 256 g/mol. The Kier molecular flexibility index (Phi) is 4.10. The van der Waals surface area contributed by atoms with E-state index in [1.165, 1.54) is 0 Å². The van der Waals surface area contributed by atoms with Gasteiger partial charge >= 0.3 is 0 Å². The van der Waals surface area contributed by atoms with E-state index < -0.39 is 0 Å². The molecule has 1 heterocycles. The molecule has 0 aliphatic rings. The molecule has 0 fully saturated rings. The van der Waals surface area contributed by atoms with Gasteiger partial charge in [0.15, 0.2) is 0 Å². The third kappa shape index (κ3) is 3.08. The van der Waals surface area contributed by atoms with Crippen molar-refractivity contribution in [2.75, 3.05) is 5.43 Å². The third-order valence-corrected chi connectivity index (χ3v) is 2.86. The summed E-state index contributed by atoms with van der Waals surface area (Å²) in [4.78, 5) is 16.3. The molecule has 0 saturated carbocycles. The van der Waals surface area contributed by atoms with Crippen molar-refractivity contribution >= 4 is 11.6 Å². The van der Waals surface area contributed by atoms with Crippen LogP contribution in [0.25, 0.3) is 0 Å².